The summed E-state index contributed by atoms with van der Waals surface area (Å²) in [6.07, 6.45) is 2.42. The van der Waals surface area contributed by atoms with Gasteiger partial charge in [-0.1, -0.05) is 0 Å². The van der Waals surface area contributed by atoms with Crippen molar-refractivity contribution in [1.29, 1.82) is 0 Å². The molecular formula is C17H20N4O4. The van der Waals surface area contributed by atoms with Crippen molar-refractivity contribution in [2.24, 2.45) is 0 Å². The molecule has 25 heavy (non-hydrogen) atoms. The average molecular weight is 344 g/mol. The highest BCUT2D eigenvalue weighted by molar-refractivity contribution is 6.03. The van der Waals surface area contributed by atoms with Gasteiger partial charge in [-0.3, -0.25) is 14.6 Å². The minimum Gasteiger partial charge on any atom is -0.481 e. The zero-order valence-electron chi connectivity index (χ0n) is 14.2. The van der Waals surface area contributed by atoms with Crippen LogP contribution < -0.4 is 15.4 Å². The number of anilines is 1. The third-order valence-electron chi connectivity index (χ3n) is 4.18. The van der Waals surface area contributed by atoms with Crippen LogP contribution in [0.5, 0.6) is 5.88 Å². The lowest BCUT2D eigenvalue weighted by Crippen LogP contribution is -2.53. The van der Waals surface area contributed by atoms with Crippen molar-refractivity contribution in [2.75, 3.05) is 25.5 Å². The molecule has 2 aromatic heterocycles. The number of methoxy groups -OCH3 is 1. The van der Waals surface area contributed by atoms with Crippen molar-refractivity contribution < 1.29 is 19.1 Å². The SMILES string of the molecule is COc1ccc2nccc(NC(=O)C3(OC(C)=O)CCNCC3)c2n1. The molecule has 0 spiro atoms. The van der Waals surface area contributed by atoms with Gasteiger partial charge in [0.1, 0.15) is 5.52 Å². The number of fused-ring (bicyclic) bond motifs is 1. The fraction of sp³-hybridized carbons (Fsp3) is 0.412. The maximum absolute atomic E-state index is 12.9. The molecule has 0 radical (unpaired) electrons. The van der Waals surface area contributed by atoms with E-state index in [1.165, 1.54) is 14.0 Å². The molecule has 1 aliphatic rings. The number of amides is 1. The second-order valence-electron chi connectivity index (χ2n) is 5.87. The van der Waals surface area contributed by atoms with Crippen LogP contribution in [0.4, 0.5) is 5.69 Å². The van der Waals surface area contributed by atoms with E-state index in [0.717, 1.165) is 0 Å². The van der Waals surface area contributed by atoms with Crippen LogP contribution in [0, 0.1) is 0 Å². The van der Waals surface area contributed by atoms with Crippen molar-refractivity contribution in [3.8, 4) is 5.88 Å². The molecule has 0 bridgehead atoms. The van der Waals surface area contributed by atoms with E-state index in [1.54, 1.807) is 24.4 Å². The van der Waals surface area contributed by atoms with E-state index in [-0.39, 0.29) is 5.91 Å². The summed E-state index contributed by atoms with van der Waals surface area (Å²) in [5, 5.41) is 6.02. The number of nitrogens with zero attached hydrogens (tertiary/aromatic N) is 2. The molecule has 0 atom stereocenters. The Kier molecular flexibility index (Phi) is 4.80. The quantitative estimate of drug-likeness (QED) is 0.805. The fourth-order valence-electron chi connectivity index (χ4n) is 2.94. The fourth-order valence-corrected chi connectivity index (χ4v) is 2.94. The van der Waals surface area contributed by atoms with Gasteiger partial charge in [0.2, 0.25) is 5.88 Å². The van der Waals surface area contributed by atoms with Crippen LogP contribution in [0.1, 0.15) is 19.8 Å². The van der Waals surface area contributed by atoms with Crippen LogP contribution in [0.25, 0.3) is 11.0 Å². The molecule has 1 saturated heterocycles. The Morgan fingerprint density at radius 1 is 1.24 bits per heavy atom. The molecule has 3 rings (SSSR count). The van der Waals surface area contributed by atoms with Crippen LogP contribution in [0.15, 0.2) is 24.4 Å². The van der Waals surface area contributed by atoms with E-state index in [4.69, 9.17) is 9.47 Å². The van der Waals surface area contributed by atoms with E-state index >= 15 is 0 Å². The maximum Gasteiger partial charge on any atom is 0.303 e. The third-order valence-corrected chi connectivity index (χ3v) is 4.18. The Balaban J connectivity index is 1.93. The predicted octanol–water partition coefficient (Wildman–Crippen LogP) is 1.26. The molecule has 2 N–H and O–H groups in total. The number of nitrogens with one attached hydrogen (secondary N) is 2. The second kappa shape index (κ2) is 7.02. The summed E-state index contributed by atoms with van der Waals surface area (Å²) in [5.74, 6) is -0.412. The summed E-state index contributed by atoms with van der Waals surface area (Å²) in [5.41, 5.74) is 0.470. The highest BCUT2D eigenvalue weighted by Gasteiger charge is 2.43. The largest absolute Gasteiger partial charge is 0.481 e. The predicted molar refractivity (Wildman–Crippen MR) is 91.3 cm³/mol. The molecule has 0 aromatic carbocycles. The first-order valence-electron chi connectivity index (χ1n) is 8.05. The van der Waals surface area contributed by atoms with Crippen molar-refractivity contribution in [3.05, 3.63) is 24.4 Å². The lowest BCUT2D eigenvalue weighted by molar-refractivity contribution is -0.167. The lowest BCUT2D eigenvalue weighted by Gasteiger charge is -2.35. The van der Waals surface area contributed by atoms with E-state index in [1.807, 2.05) is 0 Å². The van der Waals surface area contributed by atoms with E-state index < -0.39 is 11.6 Å². The summed E-state index contributed by atoms with van der Waals surface area (Å²) in [7, 11) is 1.52. The first-order chi connectivity index (χ1) is 12.0. The molecule has 2 aromatic rings. The van der Waals surface area contributed by atoms with Gasteiger partial charge >= 0.3 is 5.97 Å². The van der Waals surface area contributed by atoms with Gasteiger partial charge in [-0.05, 0) is 25.2 Å². The van der Waals surface area contributed by atoms with Crippen LogP contribution in [0.2, 0.25) is 0 Å². The van der Waals surface area contributed by atoms with Crippen LogP contribution in [-0.2, 0) is 14.3 Å². The Morgan fingerprint density at radius 2 is 2.00 bits per heavy atom. The third kappa shape index (κ3) is 3.53. The van der Waals surface area contributed by atoms with Crippen molar-refractivity contribution in [3.63, 3.8) is 0 Å². The summed E-state index contributed by atoms with van der Waals surface area (Å²) in [4.78, 5) is 33.0. The number of hydrogen-bond acceptors (Lipinski definition) is 7. The molecule has 0 unspecified atom stereocenters. The summed E-state index contributed by atoms with van der Waals surface area (Å²) in [6, 6.07) is 5.13. The second-order valence-corrected chi connectivity index (χ2v) is 5.87. The molecule has 1 aliphatic heterocycles. The van der Waals surface area contributed by atoms with Gasteiger partial charge in [-0.2, -0.15) is 0 Å². The number of carbonyl (C=O) groups excluding carboxylic acids is 2. The topological polar surface area (TPSA) is 102 Å². The highest BCUT2D eigenvalue weighted by atomic mass is 16.6. The van der Waals surface area contributed by atoms with Crippen LogP contribution in [0.3, 0.4) is 0 Å². The van der Waals surface area contributed by atoms with Gasteiger partial charge < -0.3 is 20.1 Å². The van der Waals surface area contributed by atoms with Crippen LogP contribution >= 0.6 is 0 Å². The van der Waals surface area contributed by atoms with Gasteiger partial charge in [0.25, 0.3) is 5.91 Å². The standard InChI is InChI=1S/C17H20N4O4/c1-11(22)25-17(6-9-18-10-7-17)16(23)20-13-5-8-19-12-3-4-14(24-2)21-15(12)13/h3-5,8,18H,6-7,9-10H2,1-2H3,(H,19,20,23). The van der Waals surface area contributed by atoms with E-state index in [9.17, 15) is 9.59 Å². The molecule has 132 valence electrons. The number of esters is 1. The smallest absolute Gasteiger partial charge is 0.303 e. The van der Waals surface area contributed by atoms with Gasteiger partial charge in [0, 0.05) is 32.0 Å². The molecule has 8 heteroatoms. The minimum atomic E-state index is -1.18. The van der Waals surface area contributed by atoms with Gasteiger partial charge in [0.15, 0.2) is 5.60 Å². The molecule has 3 heterocycles. The minimum absolute atomic E-state index is 0.360. The molecule has 8 nitrogen and oxygen atoms in total. The Bertz CT molecular complexity index is 802. The number of piperidine rings is 1. The summed E-state index contributed by atoms with van der Waals surface area (Å²) >= 11 is 0. The monoisotopic (exact) mass is 344 g/mol. The number of rotatable bonds is 4. The summed E-state index contributed by atoms with van der Waals surface area (Å²) < 4.78 is 10.6. The molecule has 0 saturated carbocycles. The zero-order chi connectivity index (χ0) is 17.9. The lowest BCUT2D eigenvalue weighted by atomic mass is 9.91. The van der Waals surface area contributed by atoms with Crippen LogP contribution in [-0.4, -0.2) is 47.6 Å². The first kappa shape index (κ1) is 17.1. The van der Waals surface area contributed by atoms with Crippen molar-refractivity contribution in [1.82, 2.24) is 15.3 Å². The number of ether oxygens (including phenoxy) is 2. The number of hydrogen-bond donors (Lipinski definition) is 2. The molecule has 1 fully saturated rings. The molecule has 0 aliphatic carbocycles. The van der Waals surface area contributed by atoms with E-state index in [0.29, 0.717) is 48.5 Å². The first-order valence-corrected chi connectivity index (χ1v) is 8.05. The molecule has 1 amide bonds. The van der Waals surface area contributed by atoms with Gasteiger partial charge in [0.05, 0.1) is 18.3 Å². The van der Waals surface area contributed by atoms with Gasteiger partial charge in [-0.15, -0.1) is 0 Å². The number of aromatic nitrogens is 2. The Morgan fingerprint density at radius 3 is 2.68 bits per heavy atom. The Hall–Kier alpha value is -2.74. The van der Waals surface area contributed by atoms with Gasteiger partial charge in [-0.25, -0.2) is 4.98 Å². The van der Waals surface area contributed by atoms with Crippen molar-refractivity contribution >= 4 is 28.6 Å². The highest BCUT2D eigenvalue weighted by Crippen LogP contribution is 2.28. The normalized spacial score (nSPS) is 16.2. The number of pyridine rings is 2. The summed E-state index contributed by atoms with van der Waals surface area (Å²) in [6.45, 7) is 2.51. The zero-order valence-corrected chi connectivity index (χ0v) is 14.2. The van der Waals surface area contributed by atoms with Crippen molar-refractivity contribution in [2.45, 2.75) is 25.4 Å². The average Bonchev–Trinajstić information content (AvgIpc) is 2.61. The molecular weight excluding hydrogens is 324 g/mol. The number of carbonyl (C=O) groups is 2. The maximum atomic E-state index is 12.9. The Labute approximate surface area is 144 Å². The van der Waals surface area contributed by atoms with E-state index in [2.05, 4.69) is 20.6 Å².